The molecular weight excluding hydrogens is 364 g/mol. The Morgan fingerprint density at radius 1 is 1.21 bits per heavy atom. The van der Waals surface area contributed by atoms with E-state index in [1.54, 1.807) is 32.2 Å². The van der Waals surface area contributed by atoms with E-state index in [-0.39, 0.29) is 24.4 Å². The monoisotopic (exact) mass is 392 g/mol. The molecule has 2 rings (SSSR count). The van der Waals surface area contributed by atoms with Crippen LogP contribution in [0.4, 0.5) is 4.79 Å². The smallest absolute Gasteiger partial charge is 0.410 e. The molecule has 0 bridgehead atoms. The zero-order valence-electron chi connectivity index (χ0n) is 16.3. The van der Waals surface area contributed by atoms with E-state index in [2.05, 4.69) is 10.3 Å². The highest BCUT2D eigenvalue weighted by molar-refractivity contribution is 5.89. The number of rotatable bonds is 8. The van der Waals surface area contributed by atoms with Crippen LogP contribution in [0.25, 0.3) is 0 Å². The average molecular weight is 392 g/mol. The summed E-state index contributed by atoms with van der Waals surface area (Å²) < 4.78 is 10.6. The number of aromatic nitrogens is 1. The number of hydrogen-bond donors (Lipinski definition) is 2. The molecule has 28 heavy (non-hydrogen) atoms. The molecule has 8 nitrogen and oxygen atoms in total. The zero-order chi connectivity index (χ0) is 20.6. The predicted molar refractivity (Wildman–Crippen MR) is 101 cm³/mol. The van der Waals surface area contributed by atoms with Gasteiger partial charge in [-0.05, 0) is 30.4 Å². The molecule has 0 saturated heterocycles. The largest absolute Gasteiger partial charge is 0.481 e. The van der Waals surface area contributed by atoms with E-state index in [1.165, 1.54) is 6.20 Å². The van der Waals surface area contributed by atoms with Crippen LogP contribution in [0.3, 0.4) is 0 Å². The van der Waals surface area contributed by atoms with Gasteiger partial charge in [0, 0.05) is 24.9 Å². The Hall–Kier alpha value is -2.64. The molecule has 1 amide bonds. The van der Waals surface area contributed by atoms with Crippen molar-refractivity contribution in [2.24, 2.45) is 11.3 Å². The zero-order valence-corrected chi connectivity index (χ0v) is 16.3. The number of ether oxygens (including phenoxy) is 2. The molecule has 1 aliphatic rings. The molecule has 1 atom stereocenters. The third kappa shape index (κ3) is 6.51. The topological polar surface area (TPSA) is 115 Å². The van der Waals surface area contributed by atoms with E-state index in [0.717, 1.165) is 32.1 Å². The number of carboxylic acids is 1. The van der Waals surface area contributed by atoms with Crippen LogP contribution in [0, 0.1) is 11.3 Å². The first-order valence-corrected chi connectivity index (χ1v) is 9.59. The van der Waals surface area contributed by atoms with Gasteiger partial charge in [0.05, 0.1) is 12.0 Å². The fraction of sp³-hybridized carbons (Fsp3) is 0.600. The molecule has 1 aromatic rings. The van der Waals surface area contributed by atoms with E-state index in [0.29, 0.717) is 0 Å². The van der Waals surface area contributed by atoms with Crippen LogP contribution < -0.4 is 5.32 Å². The number of carboxylic acid groups (broad SMARTS) is 1. The molecule has 0 radical (unpaired) electrons. The third-order valence-electron chi connectivity index (χ3n) is 4.94. The number of nitrogens with one attached hydrogen (secondary N) is 1. The first kappa shape index (κ1) is 21.7. The summed E-state index contributed by atoms with van der Waals surface area (Å²) in [6, 6.07) is 3.17. The Kier molecular flexibility index (Phi) is 7.78. The number of hydrogen-bond acceptors (Lipinski definition) is 6. The lowest BCUT2D eigenvalue weighted by atomic mass is 9.72. The minimum Gasteiger partial charge on any atom is -0.481 e. The summed E-state index contributed by atoms with van der Waals surface area (Å²) in [5.41, 5.74) is -0.192. The second-order valence-corrected chi connectivity index (χ2v) is 7.65. The highest BCUT2D eigenvalue weighted by Gasteiger charge is 2.35. The maximum absolute atomic E-state index is 12.3. The van der Waals surface area contributed by atoms with Gasteiger partial charge in [0.1, 0.15) is 0 Å². The van der Waals surface area contributed by atoms with Gasteiger partial charge in [-0.2, -0.15) is 0 Å². The number of aliphatic carboxylic acids is 1. The number of carbonyl (C=O) groups is 3. The number of alkyl carbamates (subject to hydrolysis) is 1. The van der Waals surface area contributed by atoms with E-state index in [4.69, 9.17) is 9.47 Å². The molecular formula is C20H28N2O6. The summed E-state index contributed by atoms with van der Waals surface area (Å²) in [6.07, 6.45) is 5.61. The number of esters is 1. The van der Waals surface area contributed by atoms with Crippen LogP contribution in [-0.4, -0.2) is 41.0 Å². The Morgan fingerprint density at radius 2 is 1.93 bits per heavy atom. The van der Waals surface area contributed by atoms with Gasteiger partial charge < -0.3 is 19.9 Å². The van der Waals surface area contributed by atoms with Gasteiger partial charge in [0.15, 0.2) is 0 Å². The fourth-order valence-electron chi connectivity index (χ4n) is 3.40. The van der Waals surface area contributed by atoms with Crippen LogP contribution >= 0.6 is 0 Å². The molecule has 1 unspecified atom stereocenters. The quantitative estimate of drug-likeness (QED) is 0.515. The number of nitrogens with zero attached hydrogens (tertiary/aromatic N) is 1. The van der Waals surface area contributed by atoms with Crippen molar-refractivity contribution < 1.29 is 29.0 Å². The van der Waals surface area contributed by atoms with E-state index >= 15 is 0 Å². The highest BCUT2D eigenvalue weighted by Crippen LogP contribution is 2.38. The fourth-order valence-corrected chi connectivity index (χ4v) is 3.40. The molecule has 1 fully saturated rings. The summed E-state index contributed by atoms with van der Waals surface area (Å²) in [5.74, 6) is -1.76. The van der Waals surface area contributed by atoms with Crippen molar-refractivity contribution in [1.29, 1.82) is 0 Å². The van der Waals surface area contributed by atoms with E-state index in [9.17, 15) is 19.5 Å². The van der Waals surface area contributed by atoms with Crippen molar-refractivity contribution in [1.82, 2.24) is 10.3 Å². The predicted octanol–water partition coefficient (Wildman–Crippen LogP) is 3.37. The van der Waals surface area contributed by atoms with Crippen molar-refractivity contribution in [3.05, 3.63) is 30.1 Å². The second kappa shape index (κ2) is 10.1. The molecule has 2 N–H and O–H groups in total. The maximum Gasteiger partial charge on any atom is 0.410 e. The molecule has 0 aromatic carbocycles. The normalized spacial score (nSPS) is 16.8. The molecule has 1 heterocycles. The Morgan fingerprint density at radius 3 is 2.50 bits per heavy atom. The van der Waals surface area contributed by atoms with Gasteiger partial charge in [0.2, 0.25) is 0 Å². The average Bonchev–Trinajstić information content (AvgIpc) is 2.66. The minimum absolute atomic E-state index is 0.0108. The summed E-state index contributed by atoms with van der Waals surface area (Å²) in [4.78, 5) is 39.5. The van der Waals surface area contributed by atoms with Crippen molar-refractivity contribution in [3.63, 3.8) is 0 Å². The van der Waals surface area contributed by atoms with Crippen LogP contribution in [0.2, 0.25) is 0 Å². The third-order valence-corrected chi connectivity index (χ3v) is 4.94. The lowest BCUT2D eigenvalue weighted by molar-refractivity contribution is -0.140. The minimum atomic E-state index is -1.06. The first-order valence-electron chi connectivity index (χ1n) is 9.59. The maximum atomic E-state index is 12.3. The van der Waals surface area contributed by atoms with Gasteiger partial charge in [-0.15, -0.1) is 0 Å². The van der Waals surface area contributed by atoms with Gasteiger partial charge in [-0.1, -0.05) is 33.1 Å². The SMILES string of the molecule is CC(C)C(OC(=O)NCC1(CC(=O)O)CCCCC1)OC(=O)c1cccnc1. The first-order chi connectivity index (χ1) is 13.3. The van der Waals surface area contributed by atoms with E-state index in [1.807, 2.05) is 0 Å². The van der Waals surface area contributed by atoms with Crippen LogP contribution in [0.15, 0.2) is 24.5 Å². The van der Waals surface area contributed by atoms with Crippen LogP contribution in [-0.2, 0) is 14.3 Å². The van der Waals surface area contributed by atoms with Crippen LogP contribution in [0.1, 0.15) is 62.7 Å². The van der Waals surface area contributed by atoms with Gasteiger partial charge in [0.25, 0.3) is 6.29 Å². The number of carbonyl (C=O) groups excluding carboxylic acids is 2. The Bertz CT molecular complexity index is 671. The lowest BCUT2D eigenvalue weighted by Crippen LogP contribution is -2.42. The lowest BCUT2D eigenvalue weighted by Gasteiger charge is -2.36. The molecule has 0 spiro atoms. The molecule has 8 heteroatoms. The van der Waals surface area contributed by atoms with Gasteiger partial charge >= 0.3 is 18.0 Å². The Balaban J connectivity index is 1.92. The molecule has 1 aliphatic carbocycles. The molecule has 1 aromatic heterocycles. The summed E-state index contributed by atoms with van der Waals surface area (Å²) >= 11 is 0. The highest BCUT2D eigenvalue weighted by atomic mass is 16.7. The summed E-state index contributed by atoms with van der Waals surface area (Å²) in [6.45, 7) is 3.75. The van der Waals surface area contributed by atoms with Crippen LogP contribution in [0.5, 0.6) is 0 Å². The van der Waals surface area contributed by atoms with Crippen molar-refractivity contribution in [2.75, 3.05) is 6.54 Å². The van der Waals surface area contributed by atoms with Crippen molar-refractivity contribution in [2.45, 2.75) is 58.7 Å². The summed E-state index contributed by atoms with van der Waals surface area (Å²) in [5, 5.41) is 11.9. The number of amides is 1. The Labute approximate surface area is 164 Å². The summed E-state index contributed by atoms with van der Waals surface area (Å²) in [7, 11) is 0. The van der Waals surface area contributed by atoms with Gasteiger partial charge in [-0.25, -0.2) is 9.59 Å². The molecule has 154 valence electrons. The van der Waals surface area contributed by atoms with Crippen molar-refractivity contribution >= 4 is 18.0 Å². The van der Waals surface area contributed by atoms with E-state index < -0.39 is 29.7 Å². The number of pyridine rings is 1. The second-order valence-electron chi connectivity index (χ2n) is 7.65. The standard InChI is InChI=1S/C20H28N2O6/c1-14(2)18(27-17(25)15-7-6-10-21-12-15)28-19(26)22-13-20(11-16(23)24)8-4-3-5-9-20/h6-7,10,12,14,18H,3-5,8-9,11,13H2,1-2H3,(H,22,26)(H,23,24). The molecule has 1 saturated carbocycles. The van der Waals surface area contributed by atoms with Gasteiger partial charge in [-0.3, -0.25) is 9.78 Å². The van der Waals surface area contributed by atoms with Crippen molar-refractivity contribution in [3.8, 4) is 0 Å². The molecule has 0 aliphatic heterocycles.